The number of hydrogen-bond donors (Lipinski definition) is 1. The molecule has 1 unspecified atom stereocenters. The number of fused-ring (bicyclic) bond motifs is 3. The lowest BCUT2D eigenvalue weighted by Gasteiger charge is -2.15. The molecule has 2 aliphatic carbocycles. The molecule has 0 aliphatic heterocycles. The molecule has 1 heteroatoms. The average Bonchev–Trinajstić information content (AvgIpc) is 2.44. The maximum absolute atomic E-state index is 6.26. The lowest BCUT2D eigenvalue weighted by atomic mass is 9.94. The Morgan fingerprint density at radius 2 is 1.43 bits per heavy atom. The van der Waals surface area contributed by atoms with Crippen LogP contribution in [0.1, 0.15) is 24.0 Å². The summed E-state index contributed by atoms with van der Waals surface area (Å²) in [7, 11) is 0. The van der Waals surface area contributed by atoms with Crippen molar-refractivity contribution in [2.75, 3.05) is 0 Å². The summed E-state index contributed by atoms with van der Waals surface area (Å²) in [6.07, 6.45) is 5.13. The predicted octanol–water partition coefficient (Wildman–Crippen LogP) is 2.14. The van der Waals surface area contributed by atoms with Crippen LogP contribution in [0, 0.1) is 11.8 Å². The third kappa shape index (κ3) is 1.19. The third-order valence-electron chi connectivity index (χ3n) is 4.08. The van der Waals surface area contributed by atoms with Crippen molar-refractivity contribution in [1.29, 1.82) is 0 Å². The molecular formula is C13H17N. The molecule has 0 aromatic heterocycles. The van der Waals surface area contributed by atoms with Gasteiger partial charge in [-0.2, -0.15) is 0 Å². The molecule has 3 rings (SSSR count). The first kappa shape index (κ1) is 8.49. The summed E-state index contributed by atoms with van der Waals surface area (Å²) in [5, 5.41) is 0. The molecule has 2 bridgehead atoms. The van der Waals surface area contributed by atoms with Crippen LogP contribution in [0.2, 0.25) is 0 Å². The topological polar surface area (TPSA) is 26.0 Å². The molecule has 0 amide bonds. The van der Waals surface area contributed by atoms with Gasteiger partial charge in [0.25, 0.3) is 0 Å². The first-order valence-corrected chi connectivity index (χ1v) is 5.67. The molecule has 0 spiro atoms. The van der Waals surface area contributed by atoms with E-state index in [1.54, 1.807) is 11.1 Å². The van der Waals surface area contributed by atoms with Crippen LogP contribution in [0.25, 0.3) is 0 Å². The zero-order chi connectivity index (χ0) is 9.54. The van der Waals surface area contributed by atoms with E-state index in [4.69, 9.17) is 5.73 Å². The van der Waals surface area contributed by atoms with Crippen molar-refractivity contribution in [3.63, 3.8) is 0 Å². The zero-order valence-electron chi connectivity index (χ0n) is 8.45. The lowest BCUT2D eigenvalue weighted by Crippen LogP contribution is -2.31. The fraction of sp³-hybridized carbons (Fsp3) is 0.538. The Balaban J connectivity index is 2.01. The maximum Gasteiger partial charge on any atom is 0.0102 e. The molecule has 0 heterocycles. The van der Waals surface area contributed by atoms with E-state index in [0.29, 0.717) is 6.04 Å². The molecule has 1 aromatic carbocycles. The highest BCUT2D eigenvalue weighted by Crippen LogP contribution is 2.38. The van der Waals surface area contributed by atoms with Crippen LogP contribution in [0.5, 0.6) is 0 Å². The van der Waals surface area contributed by atoms with Gasteiger partial charge in [-0.15, -0.1) is 0 Å². The number of rotatable bonds is 0. The van der Waals surface area contributed by atoms with Crippen LogP contribution in [0.15, 0.2) is 24.3 Å². The number of hydrogen-bond acceptors (Lipinski definition) is 1. The van der Waals surface area contributed by atoms with E-state index >= 15 is 0 Å². The number of benzene rings is 1. The van der Waals surface area contributed by atoms with Crippen molar-refractivity contribution in [1.82, 2.24) is 0 Å². The van der Waals surface area contributed by atoms with Crippen molar-refractivity contribution in [2.24, 2.45) is 17.6 Å². The minimum Gasteiger partial charge on any atom is -0.327 e. The maximum atomic E-state index is 6.26. The fourth-order valence-corrected chi connectivity index (χ4v) is 3.19. The van der Waals surface area contributed by atoms with E-state index in [9.17, 15) is 0 Å². The van der Waals surface area contributed by atoms with Crippen molar-refractivity contribution in [2.45, 2.75) is 31.7 Å². The molecule has 74 valence electrons. The molecule has 2 N–H and O–H groups in total. The summed E-state index contributed by atoms with van der Waals surface area (Å²) < 4.78 is 0. The predicted molar refractivity (Wildman–Crippen MR) is 58.0 cm³/mol. The number of nitrogens with two attached hydrogens (primary N) is 1. The Labute approximate surface area is 85.3 Å². The van der Waals surface area contributed by atoms with Crippen molar-refractivity contribution in [3.05, 3.63) is 35.4 Å². The zero-order valence-corrected chi connectivity index (χ0v) is 8.45. The van der Waals surface area contributed by atoms with Crippen LogP contribution in [0.3, 0.4) is 0 Å². The normalized spacial score (nSPS) is 35.1. The second kappa shape index (κ2) is 3.09. The monoisotopic (exact) mass is 187 g/mol. The van der Waals surface area contributed by atoms with Gasteiger partial charge in [0.1, 0.15) is 0 Å². The highest BCUT2D eigenvalue weighted by Gasteiger charge is 2.36. The van der Waals surface area contributed by atoms with Crippen molar-refractivity contribution in [3.8, 4) is 0 Å². The molecule has 3 atom stereocenters. The van der Waals surface area contributed by atoms with Crippen LogP contribution in [-0.2, 0) is 12.8 Å². The minimum absolute atomic E-state index is 0.461. The molecular weight excluding hydrogens is 170 g/mol. The van der Waals surface area contributed by atoms with E-state index < -0.39 is 0 Å². The molecule has 0 saturated heterocycles. The summed E-state index contributed by atoms with van der Waals surface area (Å²) >= 11 is 0. The Bertz CT molecular complexity index is 312. The van der Waals surface area contributed by atoms with E-state index in [2.05, 4.69) is 24.3 Å². The van der Waals surface area contributed by atoms with Gasteiger partial charge in [0.2, 0.25) is 0 Å². The highest BCUT2D eigenvalue weighted by molar-refractivity contribution is 5.30. The first-order valence-electron chi connectivity index (χ1n) is 5.67. The van der Waals surface area contributed by atoms with Gasteiger partial charge < -0.3 is 5.73 Å². The van der Waals surface area contributed by atoms with Gasteiger partial charge in [-0.1, -0.05) is 24.3 Å². The van der Waals surface area contributed by atoms with Crippen LogP contribution in [-0.4, -0.2) is 6.04 Å². The molecule has 2 aliphatic rings. The molecule has 0 radical (unpaired) electrons. The van der Waals surface area contributed by atoms with E-state index in [-0.39, 0.29) is 0 Å². The van der Waals surface area contributed by atoms with Gasteiger partial charge in [0.15, 0.2) is 0 Å². The molecule has 1 fully saturated rings. The summed E-state index contributed by atoms with van der Waals surface area (Å²) in [6, 6.07) is 9.33. The highest BCUT2D eigenvalue weighted by atomic mass is 14.7. The molecule has 1 saturated carbocycles. The smallest absolute Gasteiger partial charge is 0.0102 e. The van der Waals surface area contributed by atoms with E-state index in [1.165, 1.54) is 25.7 Å². The standard InChI is InChI=1S/C13H17N/c14-13-11-5-6-12(13)8-10-4-2-1-3-9(10)7-11/h1-4,11-13H,5-8,14H2/t11-,12+,13?. The quantitative estimate of drug-likeness (QED) is 0.661. The summed E-state index contributed by atoms with van der Waals surface area (Å²) in [4.78, 5) is 0. The van der Waals surface area contributed by atoms with Crippen molar-refractivity contribution < 1.29 is 0 Å². The summed E-state index contributed by atoms with van der Waals surface area (Å²) in [5.74, 6) is 1.51. The third-order valence-corrected chi connectivity index (χ3v) is 4.08. The van der Waals surface area contributed by atoms with Crippen LogP contribution in [0.4, 0.5) is 0 Å². The fourth-order valence-electron chi connectivity index (χ4n) is 3.19. The largest absolute Gasteiger partial charge is 0.327 e. The van der Waals surface area contributed by atoms with Crippen LogP contribution >= 0.6 is 0 Å². The van der Waals surface area contributed by atoms with Gasteiger partial charge in [-0.3, -0.25) is 0 Å². The first-order chi connectivity index (χ1) is 6.84. The van der Waals surface area contributed by atoms with Gasteiger partial charge in [-0.05, 0) is 48.6 Å². The molecule has 1 nitrogen and oxygen atoms in total. The Kier molecular flexibility index (Phi) is 1.88. The second-order valence-electron chi connectivity index (χ2n) is 4.85. The van der Waals surface area contributed by atoms with Crippen molar-refractivity contribution >= 4 is 0 Å². The SMILES string of the molecule is NC1[C@@H]2CC[C@H]1Cc1ccccc1C2. The van der Waals surface area contributed by atoms with Gasteiger partial charge in [-0.25, -0.2) is 0 Å². The molecule has 14 heavy (non-hydrogen) atoms. The van der Waals surface area contributed by atoms with Crippen LogP contribution < -0.4 is 5.73 Å². The Morgan fingerprint density at radius 1 is 0.929 bits per heavy atom. The summed E-state index contributed by atoms with van der Waals surface area (Å²) in [5.41, 5.74) is 9.37. The Hall–Kier alpha value is -0.820. The van der Waals surface area contributed by atoms with Gasteiger partial charge >= 0.3 is 0 Å². The Morgan fingerprint density at radius 3 is 1.93 bits per heavy atom. The molecule has 1 aromatic rings. The van der Waals surface area contributed by atoms with Gasteiger partial charge in [0, 0.05) is 6.04 Å². The second-order valence-corrected chi connectivity index (χ2v) is 4.85. The van der Waals surface area contributed by atoms with E-state index in [1.807, 2.05) is 0 Å². The van der Waals surface area contributed by atoms with Gasteiger partial charge in [0.05, 0.1) is 0 Å². The minimum atomic E-state index is 0.461. The lowest BCUT2D eigenvalue weighted by molar-refractivity contribution is 0.421. The van der Waals surface area contributed by atoms with E-state index in [0.717, 1.165) is 11.8 Å². The average molecular weight is 187 g/mol. The summed E-state index contributed by atoms with van der Waals surface area (Å²) in [6.45, 7) is 0.